The molecule has 0 amide bonds. The van der Waals surface area contributed by atoms with E-state index in [1.54, 1.807) is 4.90 Å². The number of nitrogens with two attached hydrogens (primary N) is 1. The van der Waals surface area contributed by atoms with Gasteiger partial charge in [0.1, 0.15) is 0 Å². The summed E-state index contributed by atoms with van der Waals surface area (Å²) in [5.74, 6) is 0.198. The summed E-state index contributed by atoms with van der Waals surface area (Å²) < 4.78 is 44.8. The lowest BCUT2D eigenvalue weighted by Gasteiger charge is -2.33. The lowest BCUT2D eigenvalue weighted by atomic mass is 10.0. The molecule has 2 heterocycles. The SMILES string of the molecule is NC1CCN(c2cc(-c3nnco3)ccc2C(F)(F)F)CC1. The van der Waals surface area contributed by atoms with Gasteiger partial charge in [0, 0.05) is 30.4 Å². The zero-order valence-electron chi connectivity index (χ0n) is 11.7. The summed E-state index contributed by atoms with van der Waals surface area (Å²) in [6.07, 6.45) is -1.93. The Morgan fingerprint density at radius 1 is 1.23 bits per heavy atom. The second-order valence-corrected chi connectivity index (χ2v) is 5.30. The van der Waals surface area contributed by atoms with E-state index in [4.69, 9.17) is 10.2 Å². The number of hydrogen-bond acceptors (Lipinski definition) is 5. The fourth-order valence-electron chi connectivity index (χ4n) is 2.61. The molecule has 5 nitrogen and oxygen atoms in total. The van der Waals surface area contributed by atoms with Crippen LogP contribution in [0.3, 0.4) is 0 Å². The van der Waals surface area contributed by atoms with Gasteiger partial charge in [-0.2, -0.15) is 13.2 Å². The molecule has 0 spiro atoms. The molecular weight excluding hydrogens is 297 g/mol. The molecule has 2 aromatic rings. The van der Waals surface area contributed by atoms with E-state index in [1.807, 2.05) is 0 Å². The number of anilines is 1. The third kappa shape index (κ3) is 2.92. The van der Waals surface area contributed by atoms with Gasteiger partial charge in [0.15, 0.2) is 0 Å². The minimum atomic E-state index is -4.41. The first-order valence-electron chi connectivity index (χ1n) is 6.93. The minimum absolute atomic E-state index is 0.0460. The highest BCUT2D eigenvalue weighted by Gasteiger charge is 2.35. The van der Waals surface area contributed by atoms with E-state index in [1.165, 1.54) is 12.1 Å². The van der Waals surface area contributed by atoms with Crippen LogP contribution in [0.25, 0.3) is 11.5 Å². The average molecular weight is 312 g/mol. The maximum atomic E-state index is 13.3. The summed E-state index contributed by atoms with van der Waals surface area (Å²) in [6, 6.07) is 3.90. The van der Waals surface area contributed by atoms with Gasteiger partial charge >= 0.3 is 6.18 Å². The van der Waals surface area contributed by atoms with Gasteiger partial charge in [0.25, 0.3) is 0 Å². The van der Waals surface area contributed by atoms with Crippen LogP contribution in [0.1, 0.15) is 18.4 Å². The van der Waals surface area contributed by atoms with Gasteiger partial charge in [-0.1, -0.05) is 0 Å². The molecule has 3 rings (SSSR count). The lowest BCUT2D eigenvalue weighted by Crippen LogP contribution is -2.40. The van der Waals surface area contributed by atoms with Gasteiger partial charge in [-0.05, 0) is 31.0 Å². The minimum Gasteiger partial charge on any atom is -0.423 e. The number of rotatable bonds is 2. The molecule has 0 bridgehead atoms. The van der Waals surface area contributed by atoms with Gasteiger partial charge < -0.3 is 15.1 Å². The van der Waals surface area contributed by atoms with Gasteiger partial charge in [-0.25, -0.2) is 0 Å². The second kappa shape index (κ2) is 5.60. The Morgan fingerprint density at radius 2 is 1.95 bits per heavy atom. The molecule has 1 fully saturated rings. The molecule has 22 heavy (non-hydrogen) atoms. The molecule has 1 aliphatic heterocycles. The molecule has 1 aromatic carbocycles. The standard InChI is InChI=1S/C14H15F3N4O/c15-14(16,17)11-2-1-9(13-20-19-8-22-13)7-12(11)21-5-3-10(18)4-6-21/h1-2,7-8,10H,3-6,18H2. The van der Waals surface area contributed by atoms with E-state index in [0.29, 0.717) is 31.5 Å². The number of hydrogen-bond donors (Lipinski definition) is 1. The summed E-state index contributed by atoms with van der Waals surface area (Å²) in [5, 5.41) is 7.29. The first-order chi connectivity index (χ1) is 10.4. The Balaban J connectivity index is 2.01. The largest absolute Gasteiger partial charge is 0.423 e. The van der Waals surface area contributed by atoms with Crippen LogP contribution in [0.2, 0.25) is 0 Å². The average Bonchev–Trinajstić information content (AvgIpc) is 3.01. The Morgan fingerprint density at radius 3 is 2.55 bits per heavy atom. The van der Waals surface area contributed by atoms with E-state index in [9.17, 15) is 13.2 Å². The molecule has 0 aliphatic carbocycles. The highest BCUT2D eigenvalue weighted by molar-refractivity contribution is 5.66. The van der Waals surface area contributed by atoms with E-state index in [0.717, 1.165) is 12.5 Å². The van der Waals surface area contributed by atoms with Crippen molar-refractivity contribution in [3.63, 3.8) is 0 Å². The van der Waals surface area contributed by atoms with Crippen LogP contribution < -0.4 is 10.6 Å². The van der Waals surface area contributed by atoms with Gasteiger partial charge in [-0.15, -0.1) is 10.2 Å². The highest BCUT2D eigenvalue weighted by atomic mass is 19.4. The quantitative estimate of drug-likeness (QED) is 0.923. The maximum absolute atomic E-state index is 13.3. The van der Waals surface area contributed by atoms with E-state index in [-0.39, 0.29) is 17.6 Å². The summed E-state index contributed by atoms with van der Waals surface area (Å²) in [6.45, 7) is 0.995. The van der Waals surface area contributed by atoms with Crippen molar-refractivity contribution in [2.24, 2.45) is 5.73 Å². The molecule has 0 atom stereocenters. The monoisotopic (exact) mass is 312 g/mol. The Labute approximate surface area is 124 Å². The topological polar surface area (TPSA) is 68.2 Å². The predicted octanol–water partition coefficient (Wildman–Crippen LogP) is 2.68. The summed E-state index contributed by atoms with van der Waals surface area (Å²) >= 11 is 0. The van der Waals surface area contributed by atoms with E-state index < -0.39 is 11.7 Å². The summed E-state index contributed by atoms with van der Waals surface area (Å²) in [5.41, 5.74) is 5.77. The van der Waals surface area contributed by atoms with Crippen molar-refractivity contribution in [1.82, 2.24) is 10.2 Å². The van der Waals surface area contributed by atoms with Crippen molar-refractivity contribution in [3.8, 4) is 11.5 Å². The van der Waals surface area contributed by atoms with Crippen LogP contribution in [0.4, 0.5) is 18.9 Å². The Bertz CT molecular complexity index is 634. The first-order valence-corrected chi connectivity index (χ1v) is 6.93. The van der Waals surface area contributed by atoms with E-state index in [2.05, 4.69) is 10.2 Å². The van der Waals surface area contributed by atoms with Gasteiger partial charge in [0.05, 0.1) is 5.56 Å². The van der Waals surface area contributed by atoms with Crippen molar-refractivity contribution in [3.05, 3.63) is 30.2 Å². The van der Waals surface area contributed by atoms with Crippen LogP contribution in [-0.2, 0) is 6.18 Å². The molecule has 1 saturated heterocycles. The lowest BCUT2D eigenvalue weighted by molar-refractivity contribution is -0.137. The van der Waals surface area contributed by atoms with Gasteiger partial charge in [0.2, 0.25) is 12.3 Å². The van der Waals surface area contributed by atoms with Crippen molar-refractivity contribution >= 4 is 5.69 Å². The molecule has 8 heteroatoms. The number of nitrogens with zero attached hydrogens (tertiary/aromatic N) is 3. The number of piperidine rings is 1. The third-order valence-electron chi connectivity index (χ3n) is 3.79. The second-order valence-electron chi connectivity index (χ2n) is 5.30. The highest BCUT2D eigenvalue weighted by Crippen LogP contribution is 2.39. The molecule has 0 radical (unpaired) electrons. The van der Waals surface area contributed by atoms with Crippen molar-refractivity contribution in [2.75, 3.05) is 18.0 Å². The Hall–Kier alpha value is -2.09. The van der Waals surface area contributed by atoms with E-state index >= 15 is 0 Å². The fourth-order valence-corrected chi connectivity index (χ4v) is 2.61. The first kappa shape index (κ1) is 14.8. The van der Waals surface area contributed by atoms with Crippen LogP contribution in [0.5, 0.6) is 0 Å². The van der Waals surface area contributed by atoms with Crippen LogP contribution >= 0.6 is 0 Å². The smallest absolute Gasteiger partial charge is 0.418 e. The number of aromatic nitrogens is 2. The number of halogens is 3. The molecular formula is C14H15F3N4O. The van der Waals surface area contributed by atoms with Crippen LogP contribution in [-0.4, -0.2) is 29.3 Å². The zero-order chi connectivity index (χ0) is 15.7. The molecule has 1 aromatic heterocycles. The normalized spacial score (nSPS) is 17.0. The van der Waals surface area contributed by atoms with Crippen LogP contribution in [0.15, 0.2) is 29.0 Å². The predicted molar refractivity (Wildman–Crippen MR) is 74.2 cm³/mol. The molecule has 0 unspecified atom stereocenters. The zero-order valence-corrected chi connectivity index (χ0v) is 11.7. The number of benzene rings is 1. The Kier molecular flexibility index (Phi) is 3.78. The fraction of sp³-hybridized carbons (Fsp3) is 0.429. The van der Waals surface area contributed by atoms with Crippen molar-refractivity contribution < 1.29 is 17.6 Å². The molecule has 2 N–H and O–H groups in total. The molecule has 0 saturated carbocycles. The third-order valence-corrected chi connectivity index (χ3v) is 3.79. The number of alkyl halides is 3. The van der Waals surface area contributed by atoms with Crippen molar-refractivity contribution in [1.29, 1.82) is 0 Å². The summed E-state index contributed by atoms with van der Waals surface area (Å²) in [4.78, 5) is 1.71. The molecule has 118 valence electrons. The van der Waals surface area contributed by atoms with Crippen molar-refractivity contribution in [2.45, 2.75) is 25.1 Å². The molecule has 1 aliphatic rings. The summed E-state index contributed by atoms with van der Waals surface area (Å²) in [7, 11) is 0. The van der Waals surface area contributed by atoms with Gasteiger partial charge in [-0.3, -0.25) is 0 Å². The maximum Gasteiger partial charge on any atom is 0.418 e. The van der Waals surface area contributed by atoms with Crippen LogP contribution in [0, 0.1) is 0 Å².